The van der Waals surface area contributed by atoms with E-state index in [9.17, 15) is 4.79 Å². The lowest BCUT2D eigenvalue weighted by Gasteiger charge is -2.12. The van der Waals surface area contributed by atoms with Gasteiger partial charge in [-0.05, 0) is 61.6 Å². The van der Waals surface area contributed by atoms with Crippen molar-refractivity contribution in [3.8, 4) is 17.1 Å². The molecule has 28 heavy (non-hydrogen) atoms. The van der Waals surface area contributed by atoms with E-state index in [1.165, 1.54) is 0 Å². The molecule has 0 bridgehead atoms. The molecule has 0 amide bonds. The predicted molar refractivity (Wildman–Crippen MR) is 114 cm³/mol. The predicted octanol–water partition coefficient (Wildman–Crippen LogP) is 6.14. The molecule has 2 aromatic rings. The molecule has 0 spiro atoms. The number of hydrogen-bond acceptors (Lipinski definition) is 3. The van der Waals surface area contributed by atoms with Gasteiger partial charge in [0.25, 0.3) is 0 Å². The molecule has 1 aromatic carbocycles. The van der Waals surface area contributed by atoms with Gasteiger partial charge in [0.05, 0.1) is 12.0 Å². The van der Waals surface area contributed by atoms with Crippen LogP contribution in [0.25, 0.3) is 11.3 Å². The van der Waals surface area contributed by atoms with Crippen LogP contribution in [0.2, 0.25) is 0 Å². The van der Waals surface area contributed by atoms with Crippen LogP contribution in [0.3, 0.4) is 0 Å². The topological polar surface area (TPSA) is 59.4 Å². The van der Waals surface area contributed by atoms with E-state index < -0.39 is 5.97 Å². The Morgan fingerprint density at radius 1 is 1.25 bits per heavy atom. The highest BCUT2D eigenvalue weighted by Crippen LogP contribution is 2.30. The Kier molecular flexibility index (Phi) is 6.47. The molecule has 0 unspecified atom stereocenters. The van der Waals surface area contributed by atoms with Gasteiger partial charge in [0.15, 0.2) is 0 Å². The van der Waals surface area contributed by atoms with Crippen LogP contribution in [0.15, 0.2) is 70.4 Å². The van der Waals surface area contributed by atoms with Crippen LogP contribution < -0.4 is 4.74 Å². The average molecular weight is 440 g/mol. The minimum Gasteiger partial charge on any atom is -0.481 e. The molecule has 0 saturated heterocycles. The number of pyridine rings is 1. The molecular formula is C23H22BrNO3. The number of halogens is 1. The lowest BCUT2D eigenvalue weighted by atomic mass is 9.99. The van der Waals surface area contributed by atoms with Gasteiger partial charge in [0.2, 0.25) is 5.88 Å². The van der Waals surface area contributed by atoms with Gasteiger partial charge >= 0.3 is 5.97 Å². The van der Waals surface area contributed by atoms with E-state index in [1.807, 2.05) is 36.4 Å². The minimum atomic E-state index is -0.777. The summed E-state index contributed by atoms with van der Waals surface area (Å²) in [5.74, 6) is -0.234. The summed E-state index contributed by atoms with van der Waals surface area (Å²) in [5.41, 5.74) is 6.37. The number of carboxylic acid groups (broad SMARTS) is 1. The number of nitrogens with zero attached hydrogens (tertiary/aromatic N) is 1. The lowest BCUT2D eigenvalue weighted by Crippen LogP contribution is -1.97. The molecule has 5 heteroatoms. The number of allylic oxidation sites excluding steroid dienone is 5. The van der Waals surface area contributed by atoms with Gasteiger partial charge in [-0.15, -0.1) is 0 Å². The van der Waals surface area contributed by atoms with Crippen molar-refractivity contribution < 1.29 is 14.6 Å². The summed E-state index contributed by atoms with van der Waals surface area (Å²) < 4.78 is 6.85. The lowest BCUT2D eigenvalue weighted by molar-refractivity contribution is -0.136. The third kappa shape index (κ3) is 5.20. The highest BCUT2D eigenvalue weighted by atomic mass is 79.9. The second-order valence-electron chi connectivity index (χ2n) is 6.80. The number of aromatic nitrogens is 1. The number of carboxylic acids is 1. The molecule has 1 N–H and O–H groups in total. The van der Waals surface area contributed by atoms with Crippen molar-refractivity contribution >= 4 is 21.9 Å². The molecular weight excluding hydrogens is 418 g/mol. The molecule has 1 aliphatic carbocycles. The summed E-state index contributed by atoms with van der Waals surface area (Å²) in [6.07, 6.45) is 9.07. The van der Waals surface area contributed by atoms with Crippen molar-refractivity contribution in [3.63, 3.8) is 0 Å². The standard InChI is InChI=1S/C23H22BrNO3/c1-15-12-19(24)13-16(2)23(15)20-4-3-5-21(25-20)28-14-18-8-6-17(7-9-18)10-11-22(26)27/h3-8,12-14H,9-11H2,1-2H3,(H,26,27). The zero-order valence-corrected chi connectivity index (χ0v) is 17.5. The maximum Gasteiger partial charge on any atom is 0.303 e. The van der Waals surface area contributed by atoms with E-state index in [0.29, 0.717) is 12.3 Å². The molecule has 1 heterocycles. The summed E-state index contributed by atoms with van der Waals surface area (Å²) in [6, 6.07) is 9.94. The van der Waals surface area contributed by atoms with Gasteiger partial charge in [-0.2, -0.15) is 0 Å². The summed E-state index contributed by atoms with van der Waals surface area (Å²) in [7, 11) is 0. The molecule has 0 fully saturated rings. The minimum absolute atomic E-state index is 0.150. The van der Waals surface area contributed by atoms with E-state index in [0.717, 1.165) is 44.4 Å². The van der Waals surface area contributed by atoms with E-state index >= 15 is 0 Å². The monoisotopic (exact) mass is 439 g/mol. The van der Waals surface area contributed by atoms with Crippen molar-refractivity contribution in [3.05, 3.63) is 81.6 Å². The second-order valence-corrected chi connectivity index (χ2v) is 7.71. The number of benzene rings is 1. The molecule has 0 atom stereocenters. The third-order valence-corrected chi connectivity index (χ3v) is 5.01. The SMILES string of the molecule is Cc1cc(Br)cc(C)c1-c1cccc(OC=C2C=CC(CCC(=O)O)=CC2)n1. The van der Waals surface area contributed by atoms with Gasteiger partial charge in [0, 0.05) is 22.5 Å². The van der Waals surface area contributed by atoms with Crippen molar-refractivity contribution in [2.45, 2.75) is 33.1 Å². The zero-order valence-electron chi connectivity index (χ0n) is 15.9. The number of hydrogen-bond donors (Lipinski definition) is 1. The van der Waals surface area contributed by atoms with E-state index in [2.05, 4.69) is 46.9 Å². The number of ether oxygens (including phenoxy) is 1. The first-order valence-electron chi connectivity index (χ1n) is 9.11. The first-order valence-corrected chi connectivity index (χ1v) is 9.90. The maximum absolute atomic E-state index is 10.7. The van der Waals surface area contributed by atoms with Gasteiger partial charge in [-0.1, -0.05) is 45.8 Å². The third-order valence-electron chi connectivity index (χ3n) is 4.55. The van der Waals surface area contributed by atoms with Crippen LogP contribution in [0.1, 0.15) is 30.4 Å². The summed E-state index contributed by atoms with van der Waals surface area (Å²) in [6.45, 7) is 4.15. The van der Waals surface area contributed by atoms with Crippen LogP contribution in [-0.4, -0.2) is 16.1 Å². The fraction of sp³-hybridized carbons (Fsp3) is 0.217. The molecule has 3 rings (SSSR count). The number of carbonyl (C=O) groups is 1. The summed E-state index contributed by atoms with van der Waals surface area (Å²) in [5, 5.41) is 8.77. The fourth-order valence-electron chi connectivity index (χ4n) is 3.19. The molecule has 1 aliphatic rings. The Morgan fingerprint density at radius 2 is 2.00 bits per heavy atom. The van der Waals surface area contributed by atoms with Gasteiger partial charge in [-0.3, -0.25) is 4.79 Å². The molecule has 144 valence electrons. The Bertz CT molecular complexity index is 966. The first kappa shape index (κ1) is 20.1. The number of rotatable bonds is 6. The van der Waals surface area contributed by atoms with Crippen LogP contribution in [-0.2, 0) is 4.79 Å². The smallest absolute Gasteiger partial charge is 0.303 e. The highest BCUT2D eigenvalue weighted by Gasteiger charge is 2.10. The van der Waals surface area contributed by atoms with E-state index in [4.69, 9.17) is 9.84 Å². The van der Waals surface area contributed by atoms with E-state index in [-0.39, 0.29) is 6.42 Å². The molecule has 0 aliphatic heterocycles. The van der Waals surface area contributed by atoms with Crippen molar-refractivity contribution in [1.29, 1.82) is 0 Å². The molecule has 0 saturated carbocycles. The van der Waals surface area contributed by atoms with Crippen LogP contribution in [0, 0.1) is 13.8 Å². The van der Waals surface area contributed by atoms with Crippen LogP contribution in [0.5, 0.6) is 5.88 Å². The Morgan fingerprint density at radius 3 is 2.64 bits per heavy atom. The quantitative estimate of drug-likeness (QED) is 0.548. The summed E-state index contributed by atoms with van der Waals surface area (Å²) >= 11 is 3.53. The first-order chi connectivity index (χ1) is 13.4. The van der Waals surface area contributed by atoms with Gasteiger partial charge < -0.3 is 9.84 Å². The maximum atomic E-state index is 10.7. The van der Waals surface area contributed by atoms with E-state index in [1.54, 1.807) is 6.26 Å². The van der Waals surface area contributed by atoms with Crippen molar-refractivity contribution in [2.75, 3.05) is 0 Å². The van der Waals surface area contributed by atoms with Gasteiger partial charge in [-0.25, -0.2) is 4.98 Å². The normalized spacial score (nSPS) is 14.8. The second kappa shape index (κ2) is 9.02. The molecule has 4 nitrogen and oxygen atoms in total. The Labute approximate surface area is 173 Å². The molecule has 0 radical (unpaired) electrons. The van der Waals surface area contributed by atoms with Gasteiger partial charge in [0.1, 0.15) is 0 Å². The molecule has 1 aromatic heterocycles. The van der Waals surface area contributed by atoms with Crippen molar-refractivity contribution in [1.82, 2.24) is 4.98 Å². The largest absolute Gasteiger partial charge is 0.481 e. The van der Waals surface area contributed by atoms with Crippen LogP contribution in [0.4, 0.5) is 0 Å². The average Bonchev–Trinajstić information content (AvgIpc) is 2.65. The Balaban J connectivity index is 1.71. The highest BCUT2D eigenvalue weighted by molar-refractivity contribution is 9.10. The fourth-order valence-corrected chi connectivity index (χ4v) is 3.88. The van der Waals surface area contributed by atoms with Crippen molar-refractivity contribution in [2.24, 2.45) is 0 Å². The zero-order chi connectivity index (χ0) is 20.1. The Hall–Kier alpha value is -2.66. The number of aliphatic carboxylic acids is 1. The summed E-state index contributed by atoms with van der Waals surface area (Å²) in [4.78, 5) is 15.3. The number of aryl methyl sites for hydroxylation is 2. The van der Waals surface area contributed by atoms with Crippen LogP contribution >= 0.6 is 15.9 Å².